The highest BCUT2D eigenvalue weighted by Crippen LogP contribution is 2.29. The van der Waals surface area contributed by atoms with Gasteiger partial charge in [0.2, 0.25) is 0 Å². The van der Waals surface area contributed by atoms with E-state index < -0.39 is 0 Å². The predicted molar refractivity (Wildman–Crippen MR) is 79.9 cm³/mol. The first-order valence-electron chi connectivity index (χ1n) is 5.99. The molecule has 20 heavy (non-hydrogen) atoms. The highest BCUT2D eigenvalue weighted by Gasteiger charge is 2.15. The van der Waals surface area contributed by atoms with E-state index in [0.29, 0.717) is 34.5 Å². The molecule has 1 aliphatic rings. The molecule has 4 N–H and O–H groups in total. The van der Waals surface area contributed by atoms with Crippen LogP contribution in [0.5, 0.6) is 5.75 Å². The lowest BCUT2D eigenvalue weighted by molar-refractivity contribution is 0.250. The fourth-order valence-electron chi connectivity index (χ4n) is 1.67. The summed E-state index contributed by atoms with van der Waals surface area (Å²) >= 11 is 6.00. The Morgan fingerprint density at radius 2 is 2.15 bits per heavy atom. The SMILES string of the molecule is CCOC1=CC(=Nc2ccc(O)cc2Cl)C(N)=CC1=N. The minimum absolute atomic E-state index is 0.0680. The summed E-state index contributed by atoms with van der Waals surface area (Å²) in [5, 5.41) is 17.4. The van der Waals surface area contributed by atoms with Gasteiger partial charge in [0.05, 0.1) is 34.4 Å². The number of halogens is 1. The van der Waals surface area contributed by atoms with Gasteiger partial charge in [-0.05, 0) is 25.1 Å². The Bertz CT molecular complexity index is 648. The molecule has 0 saturated carbocycles. The Kier molecular flexibility index (Phi) is 4.10. The first kappa shape index (κ1) is 14.1. The minimum atomic E-state index is 0.0680. The van der Waals surface area contributed by atoms with Gasteiger partial charge in [-0.3, -0.25) is 5.41 Å². The first-order valence-corrected chi connectivity index (χ1v) is 6.37. The monoisotopic (exact) mass is 291 g/mol. The van der Waals surface area contributed by atoms with Crippen LogP contribution in [0.25, 0.3) is 0 Å². The number of rotatable bonds is 3. The number of allylic oxidation sites excluding steroid dienone is 2. The zero-order valence-electron chi connectivity index (χ0n) is 10.9. The molecule has 0 amide bonds. The smallest absolute Gasteiger partial charge is 0.146 e. The summed E-state index contributed by atoms with van der Waals surface area (Å²) < 4.78 is 5.34. The molecule has 0 heterocycles. The Morgan fingerprint density at radius 3 is 2.80 bits per heavy atom. The molecule has 2 rings (SSSR count). The summed E-state index contributed by atoms with van der Waals surface area (Å²) in [6.45, 7) is 2.29. The lowest BCUT2D eigenvalue weighted by atomic mass is 10.1. The maximum atomic E-state index is 9.31. The molecule has 6 heteroatoms. The highest BCUT2D eigenvalue weighted by molar-refractivity contribution is 6.33. The molecule has 104 valence electrons. The minimum Gasteiger partial charge on any atom is -0.508 e. The lowest BCUT2D eigenvalue weighted by Gasteiger charge is -2.14. The van der Waals surface area contributed by atoms with Gasteiger partial charge in [0.25, 0.3) is 0 Å². The van der Waals surface area contributed by atoms with Crippen molar-refractivity contribution in [3.05, 3.63) is 46.8 Å². The van der Waals surface area contributed by atoms with Crippen LogP contribution in [0.3, 0.4) is 0 Å². The van der Waals surface area contributed by atoms with Gasteiger partial charge in [0.15, 0.2) is 0 Å². The molecule has 0 atom stereocenters. The van der Waals surface area contributed by atoms with E-state index in [1.54, 1.807) is 12.1 Å². The average molecular weight is 292 g/mol. The molecule has 1 aromatic rings. The molecule has 0 aliphatic heterocycles. The fourth-order valence-corrected chi connectivity index (χ4v) is 1.89. The Labute approximate surface area is 121 Å². The van der Waals surface area contributed by atoms with Gasteiger partial charge in [-0.15, -0.1) is 0 Å². The van der Waals surface area contributed by atoms with E-state index >= 15 is 0 Å². The van der Waals surface area contributed by atoms with Gasteiger partial charge < -0.3 is 15.6 Å². The maximum absolute atomic E-state index is 9.31. The number of hydrogen-bond acceptors (Lipinski definition) is 5. The molecular weight excluding hydrogens is 278 g/mol. The van der Waals surface area contributed by atoms with Gasteiger partial charge >= 0.3 is 0 Å². The maximum Gasteiger partial charge on any atom is 0.146 e. The van der Waals surface area contributed by atoms with E-state index in [1.165, 1.54) is 18.2 Å². The Balaban J connectivity index is 2.41. The van der Waals surface area contributed by atoms with Crippen molar-refractivity contribution in [1.29, 1.82) is 5.41 Å². The van der Waals surface area contributed by atoms with E-state index in [4.69, 9.17) is 27.5 Å². The molecule has 0 fully saturated rings. The lowest BCUT2D eigenvalue weighted by Crippen LogP contribution is -2.19. The van der Waals surface area contributed by atoms with Crippen LogP contribution < -0.4 is 5.73 Å². The van der Waals surface area contributed by atoms with Crippen LogP contribution in [0.15, 0.2) is 46.8 Å². The second-order valence-electron chi connectivity index (χ2n) is 4.09. The molecule has 5 nitrogen and oxygen atoms in total. The molecule has 0 radical (unpaired) electrons. The van der Waals surface area contributed by atoms with Crippen molar-refractivity contribution in [2.24, 2.45) is 10.7 Å². The van der Waals surface area contributed by atoms with E-state index in [-0.39, 0.29) is 11.5 Å². The molecule has 1 aromatic carbocycles. The fraction of sp³-hybridized carbons (Fsp3) is 0.143. The van der Waals surface area contributed by atoms with Gasteiger partial charge in [0, 0.05) is 12.1 Å². The number of hydrogen-bond donors (Lipinski definition) is 3. The summed E-state index contributed by atoms with van der Waals surface area (Å²) in [6, 6.07) is 4.48. The summed E-state index contributed by atoms with van der Waals surface area (Å²) in [4.78, 5) is 4.33. The van der Waals surface area contributed by atoms with E-state index in [2.05, 4.69) is 4.99 Å². The van der Waals surface area contributed by atoms with Crippen LogP contribution in [0.1, 0.15) is 6.92 Å². The average Bonchev–Trinajstić information content (AvgIpc) is 2.38. The van der Waals surface area contributed by atoms with Gasteiger partial charge in [-0.25, -0.2) is 4.99 Å². The standard InChI is InChI=1S/C14H14ClN3O2/c1-2-20-14-7-13(10(16)6-11(14)17)18-12-4-3-8(19)5-9(12)15/h3-7,17,19H,2,16H2,1H3. The summed E-state index contributed by atoms with van der Waals surface area (Å²) in [5.41, 5.74) is 7.38. The van der Waals surface area contributed by atoms with Crippen LogP contribution in [0.2, 0.25) is 5.02 Å². The molecule has 0 aromatic heterocycles. The number of nitrogens with two attached hydrogens (primary N) is 1. The third-order valence-corrected chi connectivity index (χ3v) is 2.90. The zero-order chi connectivity index (χ0) is 14.7. The number of aliphatic imine (C=N–C) groups is 1. The summed E-state index contributed by atoms with van der Waals surface area (Å²) in [7, 11) is 0. The third-order valence-electron chi connectivity index (χ3n) is 2.60. The van der Waals surface area contributed by atoms with Crippen molar-refractivity contribution in [3.63, 3.8) is 0 Å². The first-order chi connectivity index (χ1) is 9.51. The van der Waals surface area contributed by atoms with Crippen LogP contribution in [0.4, 0.5) is 5.69 Å². The second-order valence-corrected chi connectivity index (χ2v) is 4.49. The number of nitrogens with zero attached hydrogens (tertiary/aromatic N) is 1. The third kappa shape index (κ3) is 3.00. The van der Waals surface area contributed by atoms with Crippen LogP contribution in [-0.2, 0) is 4.74 Å². The largest absolute Gasteiger partial charge is 0.508 e. The molecule has 1 aliphatic carbocycles. The number of phenolic OH excluding ortho intramolecular Hbond substituents is 1. The number of ether oxygens (including phenoxy) is 1. The van der Waals surface area contributed by atoms with Crippen LogP contribution in [-0.4, -0.2) is 23.1 Å². The summed E-state index contributed by atoms with van der Waals surface area (Å²) in [5.74, 6) is 0.480. The number of nitrogens with one attached hydrogen (secondary N) is 1. The van der Waals surface area contributed by atoms with E-state index in [0.717, 1.165) is 0 Å². The molecule has 0 bridgehead atoms. The van der Waals surface area contributed by atoms with Crippen molar-refractivity contribution >= 4 is 28.7 Å². The quantitative estimate of drug-likeness (QED) is 0.748. The number of phenols is 1. The van der Waals surface area contributed by atoms with Gasteiger partial charge in [-0.1, -0.05) is 11.6 Å². The predicted octanol–water partition coefficient (Wildman–Crippen LogP) is 2.91. The number of aromatic hydroxyl groups is 1. The van der Waals surface area contributed by atoms with Gasteiger partial charge in [-0.2, -0.15) is 0 Å². The number of benzene rings is 1. The zero-order valence-corrected chi connectivity index (χ0v) is 11.6. The molecular formula is C14H14ClN3O2. The van der Waals surface area contributed by atoms with Crippen molar-refractivity contribution in [2.75, 3.05) is 6.61 Å². The Morgan fingerprint density at radius 1 is 1.40 bits per heavy atom. The van der Waals surface area contributed by atoms with E-state index in [1.807, 2.05) is 6.92 Å². The van der Waals surface area contributed by atoms with Crippen molar-refractivity contribution in [3.8, 4) is 5.75 Å². The summed E-state index contributed by atoms with van der Waals surface area (Å²) in [6.07, 6.45) is 3.09. The molecule has 0 spiro atoms. The van der Waals surface area contributed by atoms with Crippen molar-refractivity contribution in [1.82, 2.24) is 0 Å². The topological polar surface area (TPSA) is 91.7 Å². The normalized spacial score (nSPS) is 16.9. The molecule has 0 unspecified atom stereocenters. The van der Waals surface area contributed by atoms with Crippen LogP contribution in [0, 0.1) is 5.41 Å². The Hall–Kier alpha value is -2.27. The van der Waals surface area contributed by atoms with Gasteiger partial charge in [0.1, 0.15) is 11.5 Å². The van der Waals surface area contributed by atoms with Crippen molar-refractivity contribution in [2.45, 2.75) is 6.92 Å². The van der Waals surface area contributed by atoms with E-state index in [9.17, 15) is 5.11 Å². The second kappa shape index (κ2) is 5.79. The van der Waals surface area contributed by atoms with Crippen molar-refractivity contribution < 1.29 is 9.84 Å². The van der Waals surface area contributed by atoms with Crippen LogP contribution >= 0.6 is 11.6 Å². The highest BCUT2D eigenvalue weighted by atomic mass is 35.5. The molecule has 0 saturated heterocycles.